The highest BCUT2D eigenvalue weighted by molar-refractivity contribution is 7.09. The van der Waals surface area contributed by atoms with Crippen LogP contribution in [0.5, 0.6) is 0 Å². The predicted molar refractivity (Wildman–Crippen MR) is 114 cm³/mol. The van der Waals surface area contributed by atoms with Crippen LogP contribution in [-0.4, -0.2) is 30.3 Å². The zero-order valence-corrected chi connectivity index (χ0v) is 18.0. The Kier molecular flexibility index (Phi) is 20.5. The fourth-order valence-corrected chi connectivity index (χ4v) is 3.14. The van der Waals surface area contributed by atoms with Gasteiger partial charge in [0.2, 0.25) is 5.91 Å². The Morgan fingerprint density at radius 2 is 1.50 bits per heavy atom. The molecule has 0 aliphatic carbocycles. The Bertz CT molecular complexity index is 337. The normalized spacial score (nSPS) is 12.6. The molecule has 0 aromatic heterocycles. The second-order valence-electron chi connectivity index (χ2n) is 7.11. The van der Waals surface area contributed by atoms with Crippen LogP contribution in [0, 0.1) is 0 Å². The van der Waals surface area contributed by atoms with Crippen molar-refractivity contribution in [2.24, 2.45) is 0 Å². The maximum Gasteiger partial charge on any atom is 0.220 e. The molecule has 0 radical (unpaired) electrons. The largest absolute Gasteiger partial charge is 0.394 e. The van der Waals surface area contributed by atoms with Crippen LogP contribution in [-0.2, 0) is 9.32 Å². The first-order valence-electron chi connectivity index (χ1n) is 10.6. The summed E-state index contributed by atoms with van der Waals surface area (Å²) in [6.07, 6.45) is 21.5. The third kappa shape index (κ3) is 18.4. The number of rotatable bonds is 19. The number of hydrogen-bond acceptors (Lipinski definition) is 3. The van der Waals surface area contributed by atoms with Crippen molar-refractivity contribution in [1.82, 2.24) is 5.32 Å². The summed E-state index contributed by atoms with van der Waals surface area (Å²) >= 11 is 0. The standard InChI is InChI=1S/C21H42NO3P/c1-2-3-4-5-6-7-8-9-10-11-12-13-14-15-16-17-21(24)22-20(18-23)19-25-26/h9-10,20,23H,2-8,11-19,26H2,1H3,(H,22,24)/b10-9-/t20-/m0/s1. The molecular weight excluding hydrogens is 345 g/mol. The summed E-state index contributed by atoms with van der Waals surface area (Å²) in [7, 11) is 2.13. The van der Waals surface area contributed by atoms with Crippen molar-refractivity contribution in [3.05, 3.63) is 12.2 Å². The minimum atomic E-state index is -0.303. The van der Waals surface area contributed by atoms with Crippen molar-refractivity contribution in [3.8, 4) is 0 Å². The van der Waals surface area contributed by atoms with Gasteiger partial charge in [-0.25, -0.2) is 0 Å². The number of carbonyl (C=O) groups is 1. The molecule has 2 N–H and O–H groups in total. The van der Waals surface area contributed by atoms with Gasteiger partial charge in [0.05, 0.1) is 19.3 Å². The first-order valence-corrected chi connectivity index (χ1v) is 11.1. The maximum absolute atomic E-state index is 11.7. The van der Waals surface area contributed by atoms with Crippen LogP contribution in [0.25, 0.3) is 0 Å². The molecule has 0 saturated heterocycles. The summed E-state index contributed by atoms with van der Waals surface area (Å²) < 4.78 is 4.86. The van der Waals surface area contributed by atoms with Gasteiger partial charge >= 0.3 is 0 Å². The number of amides is 1. The molecule has 0 fully saturated rings. The minimum absolute atomic E-state index is 0.00345. The Hall–Kier alpha value is -0.440. The molecule has 5 heteroatoms. The van der Waals surface area contributed by atoms with Gasteiger partial charge in [-0.2, -0.15) is 0 Å². The Labute approximate surface area is 163 Å². The van der Waals surface area contributed by atoms with E-state index in [1.807, 2.05) is 0 Å². The number of allylic oxidation sites excluding steroid dienone is 2. The molecule has 0 saturated carbocycles. The van der Waals surface area contributed by atoms with E-state index in [1.165, 1.54) is 70.6 Å². The van der Waals surface area contributed by atoms with Crippen LogP contribution in [0.4, 0.5) is 0 Å². The quantitative estimate of drug-likeness (QED) is 0.179. The lowest BCUT2D eigenvalue weighted by molar-refractivity contribution is -0.122. The SMILES string of the molecule is CCCCCCCC/C=C\CCCCCCCC(=O)N[C@@H](CO)COP. The van der Waals surface area contributed by atoms with Gasteiger partial charge < -0.3 is 14.9 Å². The molecule has 0 rings (SSSR count). The van der Waals surface area contributed by atoms with Gasteiger partial charge in [0.1, 0.15) is 0 Å². The van der Waals surface area contributed by atoms with E-state index >= 15 is 0 Å². The molecule has 2 atom stereocenters. The number of aliphatic hydroxyl groups is 1. The van der Waals surface area contributed by atoms with E-state index in [-0.39, 0.29) is 18.6 Å². The number of nitrogens with one attached hydrogen (secondary N) is 1. The van der Waals surface area contributed by atoms with Crippen LogP contribution in [0.15, 0.2) is 12.2 Å². The Morgan fingerprint density at radius 1 is 0.962 bits per heavy atom. The van der Waals surface area contributed by atoms with E-state index in [1.54, 1.807) is 0 Å². The second-order valence-corrected chi connectivity index (χ2v) is 7.45. The van der Waals surface area contributed by atoms with Crippen LogP contribution < -0.4 is 5.32 Å². The van der Waals surface area contributed by atoms with Crippen LogP contribution in [0.3, 0.4) is 0 Å². The molecule has 0 bridgehead atoms. The first-order chi connectivity index (χ1) is 12.7. The minimum Gasteiger partial charge on any atom is -0.394 e. The smallest absolute Gasteiger partial charge is 0.220 e. The highest BCUT2D eigenvalue weighted by Gasteiger charge is 2.10. The van der Waals surface area contributed by atoms with E-state index in [0.717, 1.165) is 12.8 Å². The summed E-state index contributed by atoms with van der Waals surface area (Å²) in [6, 6.07) is -0.303. The highest BCUT2D eigenvalue weighted by Crippen LogP contribution is 2.10. The molecule has 0 aliphatic rings. The summed E-state index contributed by atoms with van der Waals surface area (Å²) in [4.78, 5) is 11.7. The average molecular weight is 388 g/mol. The second kappa shape index (κ2) is 20.9. The lowest BCUT2D eigenvalue weighted by Crippen LogP contribution is -2.40. The van der Waals surface area contributed by atoms with Crippen molar-refractivity contribution < 1.29 is 14.4 Å². The molecule has 0 heterocycles. The lowest BCUT2D eigenvalue weighted by Gasteiger charge is -2.14. The summed E-state index contributed by atoms with van der Waals surface area (Å²) in [5, 5.41) is 11.9. The molecule has 4 nitrogen and oxygen atoms in total. The van der Waals surface area contributed by atoms with E-state index < -0.39 is 0 Å². The molecule has 0 spiro atoms. The van der Waals surface area contributed by atoms with Crippen LogP contribution in [0.2, 0.25) is 0 Å². The van der Waals surface area contributed by atoms with Gasteiger partial charge in [-0.15, -0.1) is 0 Å². The zero-order chi connectivity index (χ0) is 19.3. The van der Waals surface area contributed by atoms with E-state index in [0.29, 0.717) is 13.0 Å². The van der Waals surface area contributed by atoms with Gasteiger partial charge in [0, 0.05) is 15.9 Å². The van der Waals surface area contributed by atoms with Crippen molar-refractivity contribution in [2.45, 2.75) is 103 Å². The molecular formula is C21H42NO3P. The third-order valence-electron chi connectivity index (χ3n) is 4.55. The van der Waals surface area contributed by atoms with Gasteiger partial charge in [-0.3, -0.25) is 4.79 Å². The van der Waals surface area contributed by atoms with Gasteiger partial charge in [-0.1, -0.05) is 70.4 Å². The number of hydrogen-bond donors (Lipinski definition) is 2. The maximum atomic E-state index is 11.7. The lowest BCUT2D eigenvalue weighted by atomic mass is 10.1. The predicted octanol–water partition coefficient (Wildman–Crippen LogP) is 5.31. The first kappa shape index (κ1) is 25.6. The van der Waals surface area contributed by atoms with Gasteiger partial charge in [0.25, 0.3) is 0 Å². The van der Waals surface area contributed by atoms with Crippen LogP contribution >= 0.6 is 9.47 Å². The number of aliphatic hydroxyl groups excluding tert-OH is 1. The molecule has 0 aromatic rings. The molecule has 1 unspecified atom stereocenters. The van der Waals surface area contributed by atoms with Crippen molar-refractivity contribution in [2.75, 3.05) is 13.2 Å². The van der Waals surface area contributed by atoms with E-state index in [9.17, 15) is 4.79 Å². The molecule has 154 valence electrons. The molecule has 1 amide bonds. The van der Waals surface area contributed by atoms with Crippen LogP contribution in [0.1, 0.15) is 96.8 Å². The van der Waals surface area contributed by atoms with E-state index in [4.69, 9.17) is 9.63 Å². The summed E-state index contributed by atoms with van der Waals surface area (Å²) in [5.74, 6) is 0.00345. The number of unbranched alkanes of at least 4 members (excludes halogenated alkanes) is 11. The summed E-state index contributed by atoms with van der Waals surface area (Å²) in [6.45, 7) is 2.49. The topological polar surface area (TPSA) is 58.6 Å². The fourth-order valence-electron chi connectivity index (χ4n) is 2.91. The van der Waals surface area contributed by atoms with Crippen molar-refractivity contribution in [1.29, 1.82) is 0 Å². The highest BCUT2D eigenvalue weighted by atomic mass is 31.0. The zero-order valence-electron chi connectivity index (χ0n) is 16.9. The Balaban J connectivity index is 3.32. The number of carbonyl (C=O) groups excluding carboxylic acids is 1. The third-order valence-corrected chi connectivity index (χ3v) is 4.74. The average Bonchev–Trinajstić information content (AvgIpc) is 2.64. The molecule has 0 aromatic carbocycles. The molecule has 0 aliphatic heterocycles. The summed E-state index contributed by atoms with van der Waals surface area (Å²) in [5.41, 5.74) is 0. The van der Waals surface area contributed by atoms with Gasteiger partial charge in [-0.05, 0) is 32.1 Å². The molecule has 26 heavy (non-hydrogen) atoms. The van der Waals surface area contributed by atoms with Gasteiger partial charge in [0.15, 0.2) is 0 Å². The van der Waals surface area contributed by atoms with Crippen molar-refractivity contribution in [3.63, 3.8) is 0 Å². The monoisotopic (exact) mass is 387 g/mol. The fraction of sp³-hybridized carbons (Fsp3) is 0.857. The van der Waals surface area contributed by atoms with E-state index in [2.05, 4.69) is 33.9 Å². The van der Waals surface area contributed by atoms with Crippen molar-refractivity contribution >= 4 is 15.4 Å². The Morgan fingerprint density at radius 3 is 2.04 bits per heavy atom.